The van der Waals surface area contributed by atoms with E-state index in [2.05, 4.69) is 34.3 Å². The highest BCUT2D eigenvalue weighted by Gasteiger charge is 2.15. The number of rotatable bonds is 7. The number of pyridine rings is 1. The predicted molar refractivity (Wildman–Crippen MR) is 120 cm³/mol. The van der Waals surface area contributed by atoms with Gasteiger partial charge in [0.15, 0.2) is 5.11 Å². The number of anilines is 1. The van der Waals surface area contributed by atoms with Gasteiger partial charge in [0.2, 0.25) is 0 Å². The van der Waals surface area contributed by atoms with E-state index in [1.807, 2.05) is 48.7 Å². The van der Waals surface area contributed by atoms with Gasteiger partial charge in [-0.15, -0.1) is 0 Å². The summed E-state index contributed by atoms with van der Waals surface area (Å²) in [6.45, 7) is 3.24. The number of hydrogen-bond acceptors (Lipinski definition) is 4. The van der Waals surface area contributed by atoms with E-state index in [1.54, 1.807) is 20.4 Å². The maximum Gasteiger partial charge on any atom is 0.174 e. The van der Waals surface area contributed by atoms with Crippen LogP contribution in [0.3, 0.4) is 0 Å². The van der Waals surface area contributed by atoms with E-state index in [4.69, 9.17) is 21.7 Å². The molecule has 0 aliphatic carbocycles. The van der Waals surface area contributed by atoms with Gasteiger partial charge in [-0.25, -0.2) is 0 Å². The molecule has 0 unspecified atom stereocenters. The molecule has 0 aliphatic heterocycles. The highest BCUT2D eigenvalue weighted by atomic mass is 32.1. The molecule has 150 valence electrons. The number of aromatic nitrogens is 1. The Morgan fingerprint density at radius 3 is 2.59 bits per heavy atom. The minimum atomic E-state index is 0.562. The fourth-order valence-corrected chi connectivity index (χ4v) is 3.29. The number of aryl methyl sites for hydroxylation is 1. The molecule has 0 amide bonds. The highest BCUT2D eigenvalue weighted by Crippen LogP contribution is 2.26. The van der Waals surface area contributed by atoms with Gasteiger partial charge in [-0.1, -0.05) is 18.2 Å². The normalized spacial score (nSPS) is 10.3. The maximum atomic E-state index is 5.76. The lowest BCUT2D eigenvalue weighted by Crippen LogP contribution is -2.34. The van der Waals surface area contributed by atoms with Crippen LogP contribution in [0.2, 0.25) is 0 Å². The average Bonchev–Trinajstić information content (AvgIpc) is 2.74. The van der Waals surface area contributed by atoms with Crippen molar-refractivity contribution in [2.45, 2.75) is 20.0 Å². The molecule has 1 aromatic heterocycles. The summed E-state index contributed by atoms with van der Waals surface area (Å²) < 4.78 is 10.9. The summed E-state index contributed by atoms with van der Waals surface area (Å²) in [6, 6.07) is 17.9. The van der Waals surface area contributed by atoms with Crippen molar-refractivity contribution in [1.29, 1.82) is 0 Å². The van der Waals surface area contributed by atoms with Crippen LogP contribution < -0.4 is 14.8 Å². The zero-order chi connectivity index (χ0) is 20.6. The van der Waals surface area contributed by atoms with Gasteiger partial charge in [0.25, 0.3) is 0 Å². The van der Waals surface area contributed by atoms with Gasteiger partial charge in [-0.05, 0) is 66.7 Å². The molecule has 0 fully saturated rings. The topological polar surface area (TPSA) is 46.6 Å². The van der Waals surface area contributed by atoms with E-state index in [9.17, 15) is 0 Å². The van der Waals surface area contributed by atoms with Crippen molar-refractivity contribution >= 4 is 23.0 Å². The summed E-state index contributed by atoms with van der Waals surface area (Å²) in [7, 11) is 3.32. The average molecular weight is 408 g/mol. The second-order valence-corrected chi connectivity index (χ2v) is 7.08. The van der Waals surface area contributed by atoms with Crippen LogP contribution in [-0.2, 0) is 13.1 Å². The van der Waals surface area contributed by atoms with E-state index in [0.29, 0.717) is 18.2 Å². The van der Waals surface area contributed by atoms with Crippen LogP contribution in [0.4, 0.5) is 5.69 Å². The minimum absolute atomic E-state index is 0.562. The number of thiocarbonyl (C=S) groups is 1. The van der Waals surface area contributed by atoms with Crippen molar-refractivity contribution in [3.8, 4) is 11.5 Å². The summed E-state index contributed by atoms with van der Waals surface area (Å²) in [5.41, 5.74) is 4.20. The first-order valence-electron chi connectivity index (χ1n) is 9.31. The monoisotopic (exact) mass is 407 g/mol. The van der Waals surface area contributed by atoms with E-state index in [1.165, 1.54) is 5.56 Å². The summed E-state index contributed by atoms with van der Waals surface area (Å²) >= 11 is 5.76. The van der Waals surface area contributed by atoms with Crippen molar-refractivity contribution in [2.24, 2.45) is 0 Å². The molecule has 0 bridgehead atoms. The third-order valence-corrected chi connectivity index (χ3v) is 4.86. The lowest BCUT2D eigenvalue weighted by molar-refractivity contribution is 0.372. The Balaban J connectivity index is 1.87. The fraction of sp³-hybridized carbons (Fsp3) is 0.217. The van der Waals surface area contributed by atoms with E-state index in [0.717, 1.165) is 28.3 Å². The number of benzene rings is 2. The van der Waals surface area contributed by atoms with Crippen LogP contribution in [0, 0.1) is 6.92 Å². The van der Waals surface area contributed by atoms with Crippen molar-refractivity contribution in [2.75, 3.05) is 19.5 Å². The lowest BCUT2D eigenvalue weighted by atomic mass is 10.1. The molecule has 0 radical (unpaired) electrons. The Morgan fingerprint density at radius 1 is 1.03 bits per heavy atom. The van der Waals surface area contributed by atoms with E-state index in [-0.39, 0.29) is 0 Å². The highest BCUT2D eigenvalue weighted by molar-refractivity contribution is 7.80. The first-order chi connectivity index (χ1) is 14.1. The third kappa shape index (κ3) is 5.68. The van der Waals surface area contributed by atoms with Crippen LogP contribution in [0.1, 0.15) is 16.7 Å². The molecule has 2 aromatic carbocycles. The fourth-order valence-electron chi connectivity index (χ4n) is 3.05. The van der Waals surface area contributed by atoms with Crippen LogP contribution in [-0.4, -0.2) is 29.2 Å². The molecule has 0 atom stereocenters. The minimum Gasteiger partial charge on any atom is -0.497 e. The van der Waals surface area contributed by atoms with Gasteiger partial charge in [-0.3, -0.25) is 4.98 Å². The molecule has 0 saturated carbocycles. The molecule has 3 aromatic rings. The van der Waals surface area contributed by atoms with Crippen molar-refractivity contribution in [3.63, 3.8) is 0 Å². The first kappa shape index (κ1) is 20.6. The molecule has 29 heavy (non-hydrogen) atoms. The SMILES string of the molecule is COc1ccc(OC)c(CN(Cc2cccnc2)C(=S)Nc2cccc(C)c2)c1. The predicted octanol–water partition coefficient (Wildman–Crippen LogP) is 4.81. The van der Waals surface area contributed by atoms with Gasteiger partial charge in [0.05, 0.1) is 14.2 Å². The van der Waals surface area contributed by atoms with Gasteiger partial charge >= 0.3 is 0 Å². The standard InChI is InChI=1S/C23H25N3O2S/c1-17-6-4-8-20(12-17)25-23(29)26(15-18-7-5-11-24-14-18)16-19-13-21(27-2)9-10-22(19)28-3/h4-14H,15-16H2,1-3H3,(H,25,29). The van der Waals surface area contributed by atoms with Crippen molar-refractivity contribution in [3.05, 3.63) is 83.7 Å². The van der Waals surface area contributed by atoms with Crippen LogP contribution in [0.25, 0.3) is 0 Å². The summed E-state index contributed by atoms with van der Waals surface area (Å²) in [6.07, 6.45) is 3.62. The van der Waals surface area contributed by atoms with Crippen LogP contribution in [0.5, 0.6) is 11.5 Å². The Morgan fingerprint density at radius 2 is 1.90 bits per heavy atom. The first-order valence-corrected chi connectivity index (χ1v) is 9.72. The van der Waals surface area contributed by atoms with Crippen LogP contribution >= 0.6 is 12.2 Å². The van der Waals surface area contributed by atoms with E-state index < -0.39 is 0 Å². The summed E-state index contributed by atoms with van der Waals surface area (Å²) in [4.78, 5) is 6.32. The second kappa shape index (κ2) is 9.89. The third-order valence-electron chi connectivity index (χ3n) is 4.50. The molecular formula is C23H25N3O2S. The van der Waals surface area contributed by atoms with Crippen molar-refractivity contribution < 1.29 is 9.47 Å². The molecule has 3 rings (SSSR count). The Kier molecular flexibility index (Phi) is 7.03. The number of ether oxygens (including phenoxy) is 2. The van der Waals surface area contributed by atoms with Crippen LogP contribution in [0.15, 0.2) is 67.0 Å². The zero-order valence-electron chi connectivity index (χ0n) is 16.9. The summed E-state index contributed by atoms with van der Waals surface area (Å²) in [5, 5.41) is 3.98. The van der Waals surface area contributed by atoms with Crippen molar-refractivity contribution in [1.82, 2.24) is 9.88 Å². The molecule has 6 heteroatoms. The molecule has 0 saturated heterocycles. The molecule has 1 N–H and O–H groups in total. The number of nitrogens with zero attached hydrogens (tertiary/aromatic N) is 2. The molecule has 5 nitrogen and oxygen atoms in total. The van der Waals surface area contributed by atoms with Gasteiger partial charge in [0.1, 0.15) is 11.5 Å². The van der Waals surface area contributed by atoms with Gasteiger partial charge in [0, 0.05) is 36.7 Å². The Bertz CT molecular complexity index is 963. The number of methoxy groups -OCH3 is 2. The smallest absolute Gasteiger partial charge is 0.174 e. The largest absolute Gasteiger partial charge is 0.497 e. The van der Waals surface area contributed by atoms with Gasteiger partial charge < -0.3 is 19.7 Å². The molecule has 0 aliphatic rings. The van der Waals surface area contributed by atoms with Gasteiger partial charge in [-0.2, -0.15) is 0 Å². The lowest BCUT2D eigenvalue weighted by Gasteiger charge is -2.27. The Hall–Kier alpha value is -3.12. The number of nitrogens with one attached hydrogen (secondary N) is 1. The molecule has 1 heterocycles. The Labute approximate surface area is 177 Å². The second-order valence-electron chi connectivity index (χ2n) is 6.69. The molecule has 0 spiro atoms. The maximum absolute atomic E-state index is 5.76. The summed E-state index contributed by atoms with van der Waals surface area (Å²) in [5.74, 6) is 1.57. The number of hydrogen-bond donors (Lipinski definition) is 1. The quantitative estimate of drug-likeness (QED) is 0.568. The van der Waals surface area contributed by atoms with E-state index >= 15 is 0 Å². The zero-order valence-corrected chi connectivity index (χ0v) is 17.7. The molecular weight excluding hydrogens is 382 g/mol.